The quantitative estimate of drug-likeness (QED) is 0.0808. The molecule has 0 radical (unpaired) electrons. The number of amides is 2. The number of piperazine rings is 2. The van der Waals surface area contributed by atoms with Crippen molar-refractivity contribution in [1.82, 2.24) is 19.6 Å². The summed E-state index contributed by atoms with van der Waals surface area (Å²) < 4.78 is 80.1. The highest BCUT2D eigenvalue weighted by Gasteiger charge is 2.35. The number of terminal acetylenes is 2. The fraction of sp³-hybridized carbons (Fsp3) is 0.356. The maximum Gasteiger partial charge on any atom is 0.416 e. The molecule has 6 rings (SSSR count). The van der Waals surface area contributed by atoms with Crippen LogP contribution in [0.15, 0.2) is 84.9 Å². The smallest absolute Gasteiger partial charge is 0.399 e. The predicted molar refractivity (Wildman–Crippen MR) is 228 cm³/mol. The number of halogens is 6. The lowest BCUT2D eigenvalue weighted by molar-refractivity contribution is -0.139. The van der Waals surface area contributed by atoms with E-state index in [1.807, 2.05) is 17.0 Å². The van der Waals surface area contributed by atoms with Crippen molar-refractivity contribution in [2.75, 3.05) is 87.5 Å². The van der Waals surface area contributed by atoms with Gasteiger partial charge in [0.1, 0.15) is 0 Å². The first kappa shape index (κ1) is 47.0. The maximum absolute atomic E-state index is 13.7. The van der Waals surface area contributed by atoms with Crippen molar-refractivity contribution in [3.05, 3.63) is 118 Å². The number of hydrogen-bond donors (Lipinski definition) is 4. The average molecular weight is 835 g/mol. The molecule has 15 heteroatoms. The molecule has 2 heterocycles. The molecule has 9 nitrogen and oxygen atoms in total. The number of likely N-dealkylation sites (N-methyl/N-ethyl adjacent to an activating group) is 2. The van der Waals surface area contributed by atoms with Gasteiger partial charge >= 0.3 is 18.4 Å². The van der Waals surface area contributed by atoms with E-state index in [1.165, 1.54) is 24.3 Å². The second-order valence-corrected chi connectivity index (χ2v) is 14.3. The van der Waals surface area contributed by atoms with Gasteiger partial charge in [-0.25, -0.2) is 4.79 Å². The number of alkyl halides is 6. The van der Waals surface area contributed by atoms with Gasteiger partial charge in [-0.2, -0.15) is 26.3 Å². The third kappa shape index (κ3) is 14.8. The highest BCUT2D eigenvalue weighted by atomic mass is 19.4. The summed E-state index contributed by atoms with van der Waals surface area (Å²) in [7, 11) is 0. The zero-order valence-corrected chi connectivity index (χ0v) is 33.8. The van der Waals surface area contributed by atoms with Crippen LogP contribution < -0.4 is 22.1 Å². The molecule has 2 saturated heterocycles. The van der Waals surface area contributed by atoms with E-state index < -0.39 is 29.5 Å². The van der Waals surface area contributed by atoms with Crippen molar-refractivity contribution in [3.63, 3.8) is 0 Å². The van der Waals surface area contributed by atoms with Crippen LogP contribution in [0.2, 0.25) is 0 Å². The van der Waals surface area contributed by atoms with Crippen molar-refractivity contribution >= 4 is 28.8 Å². The second kappa shape index (κ2) is 22.1. The first-order valence-electron chi connectivity index (χ1n) is 19.5. The van der Waals surface area contributed by atoms with Gasteiger partial charge in [0.25, 0.3) is 0 Å². The van der Waals surface area contributed by atoms with Gasteiger partial charge in [0.05, 0.1) is 11.1 Å². The standard InChI is InChI=1S/C23H25F3N4O.C14H20F3N3.C8H7N/c1-3-17-6-5-7-19(14-17)27-22(31)28-20-9-8-18(21(15-20)23(24,25)26)16-30-12-10-29(4-2)11-13-30;1-2-19-5-7-20(8-6-19)10-11-3-4-12(18)9-13(11)14(15,16)17;1-2-7-4-3-5-8(9)6-7/h1,5-9,14-15H,4,10-13,16H2,2H3,(H2,27,28,31);3-4,9H,2,5-8,10,18H2,1H3;1,3-6H,9H2. The minimum atomic E-state index is -4.52. The Balaban J connectivity index is 0.000000232. The van der Waals surface area contributed by atoms with E-state index in [9.17, 15) is 31.1 Å². The summed E-state index contributed by atoms with van der Waals surface area (Å²) in [5.41, 5.74) is 12.9. The van der Waals surface area contributed by atoms with Crippen molar-refractivity contribution in [1.29, 1.82) is 0 Å². The van der Waals surface area contributed by atoms with Crippen LogP contribution in [-0.4, -0.2) is 91.1 Å². The number of rotatable bonds is 8. The monoisotopic (exact) mass is 834 g/mol. The number of nitrogens with two attached hydrogens (primary N) is 2. The Bertz CT molecular complexity index is 2090. The van der Waals surface area contributed by atoms with E-state index in [1.54, 1.807) is 36.4 Å². The third-order valence-electron chi connectivity index (χ3n) is 10.1. The molecule has 320 valence electrons. The zero-order valence-electron chi connectivity index (χ0n) is 33.8. The number of carbonyl (C=O) groups excluding carboxylic acids is 1. The van der Waals surface area contributed by atoms with Crippen LogP contribution in [0.3, 0.4) is 0 Å². The van der Waals surface area contributed by atoms with Crippen LogP contribution in [0.5, 0.6) is 0 Å². The molecule has 0 saturated carbocycles. The summed E-state index contributed by atoms with van der Waals surface area (Å²) in [6, 6.07) is 21.2. The van der Waals surface area contributed by atoms with Crippen LogP contribution in [0, 0.1) is 24.7 Å². The lowest BCUT2D eigenvalue weighted by Crippen LogP contribution is -2.45. The van der Waals surface area contributed by atoms with E-state index in [4.69, 9.17) is 24.3 Å². The summed E-state index contributed by atoms with van der Waals surface area (Å²) in [5.74, 6) is 4.94. The number of hydrogen-bond acceptors (Lipinski definition) is 7. The largest absolute Gasteiger partial charge is 0.416 e. The van der Waals surface area contributed by atoms with E-state index in [2.05, 4.69) is 51.0 Å². The van der Waals surface area contributed by atoms with Gasteiger partial charge in [-0.3, -0.25) is 9.80 Å². The van der Waals surface area contributed by atoms with Crippen molar-refractivity contribution < 1.29 is 31.1 Å². The molecule has 2 aliphatic rings. The van der Waals surface area contributed by atoms with Crippen molar-refractivity contribution in [3.8, 4) is 24.7 Å². The molecular formula is C45H52F6N8O. The Morgan fingerprint density at radius 3 is 1.45 bits per heavy atom. The normalized spacial score (nSPS) is 15.3. The van der Waals surface area contributed by atoms with Gasteiger partial charge in [0.15, 0.2) is 0 Å². The molecule has 0 spiro atoms. The molecule has 60 heavy (non-hydrogen) atoms. The molecule has 0 unspecified atom stereocenters. The number of nitrogen functional groups attached to an aromatic ring is 2. The summed E-state index contributed by atoms with van der Waals surface area (Å²) in [5, 5.41) is 5.04. The fourth-order valence-corrected chi connectivity index (χ4v) is 6.67. The van der Waals surface area contributed by atoms with Crippen molar-refractivity contribution in [2.24, 2.45) is 0 Å². The lowest BCUT2D eigenvalue weighted by Gasteiger charge is -2.34. The van der Waals surface area contributed by atoms with Crippen LogP contribution >= 0.6 is 0 Å². The molecule has 4 aromatic carbocycles. The van der Waals surface area contributed by atoms with Gasteiger partial charge in [0, 0.05) is 99.3 Å². The Kier molecular flexibility index (Phi) is 17.3. The van der Waals surface area contributed by atoms with Crippen LogP contribution in [0.25, 0.3) is 0 Å². The van der Waals surface area contributed by atoms with Crippen LogP contribution in [0.1, 0.15) is 47.2 Å². The van der Waals surface area contributed by atoms with Gasteiger partial charge in [-0.1, -0.05) is 50.0 Å². The molecule has 0 atom stereocenters. The Labute approximate surface area is 348 Å². The minimum Gasteiger partial charge on any atom is -0.399 e. The average Bonchev–Trinajstić information content (AvgIpc) is 3.22. The first-order chi connectivity index (χ1) is 28.5. The molecule has 6 N–H and O–H groups in total. The van der Waals surface area contributed by atoms with Gasteiger partial charge in [-0.05, 0) is 84.9 Å². The van der Waals surface area contributed by atoms with Crippen molar-refractivity contribution in [2.45, 2.75) is 39.3 Å². The van der Waals surface area contributed by atoms with E-state index in [0.717, 1.165) is 83.1 Å². The Morgan fingerprint density at radius 1 is 0.583 bits per heavy atom. The zero-order chi connectivity index (χ0) is 43.9. The van der Waals surface area contributed by atoms with Gasteiger partial charge < -0.3 is 31.9 Å². The molecule has 2 fully saturated rings. The molecule has 2 aliphatic heterocycles. The van der Waals surface area contributed by atoms with Crippen LogP contribution in [0.4, 0.5) is 53.9 Å². The topological polar surface area (TPSA) is 106 Å². The minimum absolute atomic E-state index is 0.0671. The SMILES string of the molecule is C#Cc1cccc(N)c1.C#Cc1cccc(NC(=O)Nc2ccc(CN3CCN(CC)CC3)c(C(F)(F)F)c2)c1.CCN1CCN(Cc2ccc(N)cc2C(F)(F)F)CC1. The summed E-state index contributed by atoms with van der Waals surface area (Å²) >= 11 is 0. The highest BCUT2D eigenvalue weighted by Crippen LogP contribution is 2.35. The summed E-state index contributed by atoms with van der Waals surface area (Å²) in [6.07, 6.45) is 1.58. The number of benzene rings is 4. The number of nitrogens with one attached hydrogen (secondary N) is 2. The second-order valence-electron chi connectivity index (χ2n) is 14.3. The van der Waals surface area contributed by atoms with Crippen LogP contribution in [-0.2, 0) is 25.4 Å². The number of urea groups is 1. The third-order valence-corrected chi connectivity index (χ3v) is 10.1. The fourth-order valence-electron chi connectivity index (χ4n) is 6.67. The van der Waals surface area contributed by atoms with E-state index >= 15 is 0 Å². The molecular weight excluding hydrogens is 783 g/mol. The predicted octanol–water partition coefficient (Wildman–Crippen LogP) is 8.14. The molecule has 0 aromatic heterocycles. The molecule has 2 amide bonds. The number of carbonyl (C=O) groups is 1. The Hall–Kier alpha value is -5.71. The highest BCUT2D eigenvalue weighted by molar-refractivity contribution is 5.99. The van der Waals surface area contributed by atoms with E-state index in [0.29, 0.717) is 29.0 Å². The van der Waals surface area contributed by atoms with E-state index in [-0.39, 0.29) is 23.5 Å². The molecule has 4 aromatic rings. The molecule has 0 bridgehead atoms. The lowest BCUT2D eigenvalue weighted by atomic mass is 10.0. The maximum atomic E-state index is 13.7. The number of anilines is 4. The van der Waals surface area contributed by atoms with Gasteiger partial charge in [-0.15, -0.1) is 12.8 Å². The molecule has 0 aliphatic carbocycles. The summed E-state index contributed by atoms with van der Waals surface area (Å²) in [4.78, 5) is 20.9. The first-order valence-corrected chi connectivity index (χ1v) is 19.5. The Morgan fingerprint density at radius 2 is 1.00 bits per heavy atom. The number of nitrogens with zero attached hydrogens (tertiary/aromatic N) is 4. The summed E-state index contributed by atoms with van der Waals surface area (Å²) in [6.45, 7) is 13.2. The van der Waals surface area contributed by atoms with Gasteiger partial charge in [0.2, 0.25) is 0 Å².